The molecule has 0 aromatic rings. The van der Waals surface area contributed by atoms with Crippen LogP contribution in [-0.2, 0) is 9.59 Å². The lowest BCUT2D eigenvalue weighted by molar-refractivity contribution is -0.137. The van der Waals surface area contributed by atoms with E-state index in [1.165, 1.54) is 0 Å². The second kappa shape index (κ2) is 5.36. The molecular weight excluding hydrogens is 151 g/mol. The van der Waals surface area contributed by atoms with Crippen LogP contribution in [0.1, 0.15) is 25.7 Å². The number of rotatable bonds is 5. The van der Waals surface area contributed by atoms with Crippen LogP contribution in [0.5, 0.6) is 0 Å². The van der Waals surface area contributed by atoms with E-state index in [-0.39, 0.29) is 11.9 Å². The Balaban J connectivity index is 3.06. The summed E-state index contributed by atoms with van der Waals surface area (Å²) < 4.78 is 0. The van der Waals surface area contributed by atoms with Crippen molar-refractivity contribution >= 4 is 20.7 Å². The molecule has 10 heavy (non-hydrogen) atoms. The summed E-state index contributed by atoms with van der Waals surface area (Å²) in [6, 6.07) is 0. The zero-order chi connectivity index (χ0) is 7.98. The first-order valence-corrected chi connectivity index (χ1v) is 3.70. The first-order chi connectivity index (χ1) is 4.63. The highest BCUT2D eigenvalue weighted by Gasteiger charge is 1.97. The van der Waals surface area contributed by atoms with E-state index >= 15 is 0 Å². The van der Waals surface area contributed by atoms with Gasteiger partial charge in [-0.05, 0) is 12.8 Å². The van der Waals surface area contributed by atoms with Gasteiger partial charge in [-0.3, -0.25) is 9.59 Å². The van der Waals surface area contributed by atoms with Crippen LogP contribution in [0.25, 0.3) is 0 Å². The first kappa shape index (κ1) is 9.57. The van der Waals surface area contributed by atoms with Gasteiger partial charge in [-0.25, -0.2) is 0 Å². The minimum atomic E-state index is -0.795. The number of carbonyl (C=O) groups is 2. The number of carboxylic acid groups (broad SMARTS) is 1. The second-order valence-electron chi connectivity index (χ2n) is 2.07. The predicted molar refractivity (Wildman–Crippen MR) is 40.8 cm³/mol. The molecule has 3 nitrogen and oxygen atoms in total. The van der Waals surface area contributed by atoms with Gasteiger partial charge in [0.1, 0.15) is 5.52 Å². The highest BCUT2D eigenvalue weighted by atomic mass is 31.0. The monoisotopic (exact) mass is 162 g/mol. The van der Waals surface area contributed by atoms with Gasteiger partial charge in [0.15, 0.2) is 0 Å². The van der Waals surface area contributed by atoms with Crippen molar-refractivity contribution in [2.75, 3.05) is 0 Å². The fourth-order valence-corrected chi connectivity index (χ4v) is 0.780. The van der Waals surface area contributed by atoms with E-state index in [1.54, 1.807) is 0 Å². The highest BCUT2D eigenvalue weighted by molar-refractivity contribution is 7.40. The summed E-state index contributed by atoms with van der Waals surface area (Å²) in [5, 5.41) is 8.19. The Morgan fingerprint density at radius 2 is 1.70 bits per heavy atom. The molecule has 0 fully saturated rings. The molecule has 0 saturated heterocycles. The molecule has 1 N–H and O–H groups in total. The van der Waals surface area contributed by atoms with Crippen LogP contribution >= 0.6 is 9.24 Å². The van der Waals surface area contributed by atoms with Gasteiger partial charge in [0, 0.05) is 12.8 Å². The number of unbranched alkanes of at least 4 members (excludes halogenated alkanes) is 1. The van der Waals surface area contributed by atoms with E-state index in [9.17, 15) is 9.59 Å². The molecule has 0 bridgehead atoms. The van der Waals surface area contributed by atoms with Gasteiger partial charge in [-0.2, -0.15) is 0 Å². The standard InChI is InChI=1S/C6H11O3P/c7-5(8)3-1-2-4-6(9)10/h1-4,10H2,(H,7,8). The summed E-state index contributed by atoms with van der Waals surface area (Å²) in [5.41, 5.74) is 0.0467. The van der Waals surface area contributed by atoms with E-state index in [0.717, 1.165) is 0 Å². The van der Waals surface area contributed by atoms with Crippen LogP contribution in [0.2, 0.25) is 0 Å². The topological polar surface area (TPSA) is 54.4 Å². The average Bonchev–Trinajstić information content (AvgIpc) is 1.79. The van der Waals surface area contributed by atoms with Crippen LogP contribution in [0.3, 0.4) is 0 Å². The first-order valence-electron chi connectivity index (χ1n) is 3.13. The van der Waals surface area contributed by atoms with Gasteiger partial charge in [0.05, 0.1) is 0 Å². The Kier molecular flexibility index (Phi) is 5.13. The maximum absolute atomic E-state index is 10.3. The van der Waals surface area contributed by atoms with Crippen LogP contribution < -0.4 is 0 Å². The van der Waals surface area contributed by atoms with Gasteiger partial charge in [0.2, 0.25) is 0 Å². The molecule has 0 radical (unpaired) electrons. The van der Waals surface area contributed by atoms with E-state index in [2.05, 4.69) is 9.24 Å². The summed E-state index contributed by atoms with van der Waals surface area (Å²) in [6.45, 7) is 0. The molecular formula is C6H11O3P. The number of hydrogen-bond acceptors (Lipinski definition) is 2. The molecule has 1 atom stereocenters. The summed E-state index contributed by atoms with van der Waals surface area (Å²) >= 11 is 0. The highest BCUT2D eigenvalue weighted by Crippen LogP contribution is 2.03. The van der Waals surface area contributed by atoms with E-state index < -0.39 is 5.97 Å². The molecule has 1 unspecified atom stereocenters. The third kappa shape index (κ3) is 7.57. The molecule has 0 aromatic carbocycles. The summed E-state index contributed by atoms with van der Waals surface area (Å²) in [6.07, 6.45) is 1.90. The molecule has 0 heterocycles. The summed E-state index contributed by atoms with van der Waals surface area (Å²) in [5.74, 6) is -0.795. The Hall–Kier alpha value is -0.430. The molecule has 4 heteroatoms. The molecule has 0 spiro atoms. The molecule has 0 saturated carbocycles. The smallest absolute Gasteiger partial charge is 0.303 e. The molecule has 0 amide bonds. The van der Waals surface area contributed by atoms with Crippen LogP contribution in [-0.4, -0.2) is 16.6 Å². The normalized spacial score (nSPS) is 9.30. The van der Waals surface area contributed by atoms with Crippen molar-refractivity contribution in [3.63, 3.8) is 0 Å². The fourth-order valence-electron chi connectivity index (χ4n) is 0.575. The van der Waals surface area contributed by atoms with Gasteiger partial charge < -0.3 is 5.11 Å². The zero-order valence-electron chi connectivity index (χ0n) is 5.67. The van der Waals surface area contributed by atoms with Crippen LogP contribution in [0.15, 0.2) is 0 Å². The predicted octanol–water partition coefficient (Wildman–Crippen LogP) is 1.03. The third-order valence-electron chi connectivity index (χ3n) is 1.06. The lowest BCUT2D eigenvalue weighted by Gasteiger charge is -1.92. The minimum Gasteiger partial charge on any atom is -0.481 e. The minimum absolute atomic E-state index is 0.0467. The quantitative estimate of drug-likeness (QED) is 0.485. The van der Waals surface area contributed by atoms with Crippen molar-refractivity contribution in [3.8, 4) is 0 Å². The number of carboxylic acids is 1. The summed E-state index contributed by atoms with van der Waals surface area (Å²) in [7, 11) is 2.07. The lowest BCUT2D eigenvalue weighted by Crippen LogP contribution is -1.94. The lowest BCUT2D eigenvalue weighted by atomic mass is 10.2. The van der Waals surface area contributed by atoms with Crippen molar-refractivity contribution < 1.29 is 14.7 Å². The molecule has 0 aromatic heterocycles. The Morgan fingerprint density at radius 1 is 1.20 bits per heavy atom. The average molecular weight is 162 g/mol. The SMILES string of the molecule is O=C(O)CCCCC(=O)P. The van der Waals surface area contributed by atoms with Crippen molar-refractivity contribution in [2.45, 2.75) is 25.7 Å². The molecule has 58 valence electrons. The fraction of sp³-hybridized carbons (Fsp3) is 0.667. The van der Waals surface area contributed by atoms with E-state index in [1.807, 2.05) is 0 Å². The molecule has 0 rings (SSSR count). The Labute approximate surface area is 62.0 Å². The molecule has 0 aliphatic heterocycles. The maximum atomic E-state index is 10.3. The second-order valence-corrected chi connectivity index (χ2v) is 2.71. The molecule has 0 aliphatic rings. The van der Waals surface area contributed by atoms with Gasteiger partial charge in [-0.1, -0.05) is 9.24 Å². The van der Waals surface area contributed by atoms with Gasteiger partial charge in [-0.15, -0.1) is 0 Å². The van der Waals surface area contributed by atoms with Crippen molar-refractivity contribution in [2.24, 2.45) is 0 Å². The third-order valence-corrected chi connectivity index (χ3v) is 1.35. The van der Waals surface area contributed by atoms with Crippen LogP contribution in [0.4, 0.5) is 0 Å². The van der Waals surface area contributed by atoms with Gasteiger partial charge in [0.25, 0.3) is 0 Å². The molecule has 0 aliphatic carbocycles. The number of aliphatic carboxylic acids is 1. The maximum Gasteiger partial charge on any atom is 0.303 e. The largest absolute Gasteiger partial charge is 0.481 e. The number of carbonyl (C=O) groups excluding carboxylic acids is 1. The van der Waals surface area contributed by atoms with Crippen molar-refractivity contribution in [3.05, 3.63) is 0 Å². The van der Waals surface area contributed by atoms with E-state index in [0.29, 0.717) is 19.3 Å². The van der Waals surface area contributed by atoms with Gasteiger partial charge >= 0.3 is 5.97 Å². The van der Waals surface area contributed by atoms with Crippen molar-refractivity contribution in [1.82, 2.24) is 0 Å². The van der Waals surface area contributed by atoms with Crippen LogP contribution in [0, 0.1) is 0 Å². The Morgan fingerprint density at radius 3 is 2.10 bits per heavy atom. The van der Waals surface area contributed by atoms with Crippen molar-refractivity contribution in [1.29, 1.82) is 0 Å². The zero-order valence-corrected chi connectivity index (χ0v) is 6.82. The summed E-state index contributed by atoms with van der Waals surface area (Å²) in [4.78, 5) is 20.3. The number of hydrogen-bond donors (Lipinski definition) is 1. The van der Waals surface area contributed by atoms with E-state index in [4.69, 9.17) is 5.11 Å². The Bertz CT molecular complexity index is 117.